The van der Waals surface area contributed by atoms with Crippen LogP contribution in [-0.4, -0.2) is 15.1 Å². The minimum Gasteiger partial charge on any atom is -0.338 e. The van der Waals surface area contributed by atoms with Crippen LogP contribution in [0.25, 0.3) is 0 Å². The molecule has 1 heterocycles. The van der Waals surface area contributed by atoms with Crippen molar-refractivity contribution in [2.45, 2.75) is 45.7 Å². The molecule has 0 aliphatic rings. The fourth-order valence-corrected chi connectivity index (χ4v) is 2.06. The van der Waals surface area contributed by atoms with Crippen LogP contribution in [-0.2, 0) is 12.0 Å². The first-order chi connectivity index (χ1) is 10.7. The molecule has 0 aliphatic carbocycles. The van der Waals surface area contributed by atoms with Crippen LogP contribution in [0, 0.1) is 10.1 Å². The first kappa shape index (κ1) is 17.4. The summed E-state index contributed by atoms with van der Waals surface area (Å²) in [6.45, 7) is 8.24. The molecule has 0 saturated heterocycles. The smallest absolute Gasteiger partial charge is 0.269 e. The highest BCUT2D eigenvalue weighted by molar-refractivity contribution is 6.31. The zero-order valence-electron chi connectivity index (χ0n) is 13.5. The molecule has 0 saturated carbocycles. The molecule has 1 aromatic heterocycles. The standard InChI is InChI=1S/C15H19ClN4O3/c1-9(13-18-14(19-23-13)15(2,3)4)17-8-10-7-11(20(21)22)5-6-12(10)16/h5-7,9,17H,8H2,1-4H3. The fraction of sp³-hybridized carbons (Fsp3) is 0.467. The SMILES string of the molecule is CC(NCc1cc([N+](=O)[O-])ccc1Cl)c1nc(C(C)(C)C)no1. The van der Waals surface area contributed by atoms with E-state index in [2.05, 4.69) is 15.5 Å². The highest BCUT2D eigenvalue weighted by atomic mass is 35.5. The van der Waals surface area contributed by atoms with E-state index in [4.69, 9.17) is 16.1 Å². The van der Waals surface area contributed by atoms with Crippen LogP contribution in [0.5, 0.6) is 0 Å². The second-order valence-electron chi connectivity index (χ2n) is 6.34. The van der Waals surface area contributed by atoms with Gasteiger partial charge in [0.1, 0.15) is 0 Å². The van der Waals surface area contributed by atoms with E-state index < -0.39 is 4.92 Å². The van der Waals surface area contributed by atoms with Gasteiger partial charge in [0.25, 0.3) is 5.69 Å². The molecule has 7 nitrogen and oxygen atoms in total. The Labute approximate surface area is 139 Å². The van der Waals surface area contributed by atoms with Gasteiger partial charge in [-0.1, -0.05) is 37.5 Å². The van der Waals surface area contributed by atoms with Crippen LogP contribution in [0.2, 0.25) is 5.02 Å². The van der Waals surface area contributed by atoms with Crippen molar-refractivity contribution in [2.75, 3.05) is 0 Å². The number of hydrogen-bond acceptors (Lipinski definition) is 6. The Kier molecular flexibility index (Phi) is 5.01. The highest BCUT2D eigenvalue weighted by Crippen LogP contribution is 2.24. The van der Waals surface area contributed by atoms with Crippen LogP contribution in [0.1, 0.15) is 51.0 Å². The maximum absolute atomic E-state index is 10.8. The van der Waals surface area contributed by atoms with E-state index in [1.54, 1.807) is 0 Å². The lowest BCUT2D eigenvalue weighted by Gasteiger charge is -2.12. The van der Waals surface area contributed by atoms with Gasteiger partial charge in [0.2, 0.25) is 5.89 Å². The molecule has 2 aromatic rings. The van der Waals surface area contributed by atoms with Crippen molar-refractivity contribution in [3.05, 3.63) is 50.6 Å². The average molecular weight is 339 g/mol. The lowest BCUT2D eigenvalue weighted by Crippen LogP contribution is -2.19. The van der Waals surface area contributed by atoms with Gasteiger partial charge in [0.05, 0.1) is 11.0 Å². The number of non-ortho nitro benzene ring substituents is 1. The fourth-order valence-electron chi connectivity index (χ4n) is 1.88. The van der Waals surface area contributed by atoms with Gasteiger partial charge >= 0.3 is 0 Å². The van der Waals surface area contributed by atoms with Gasteiger partial charge in [-0.05, 0) is 18.6 Å². The van der Waals surface area contributed by atoms with E-state index in [-0.39, 0.29) is 17.1 Å². The molecule has 0 amide bonds. The van der Waals surface area contributed by atoms with Gasteiger partial charge < -0.3 is 9.84 Å². The van der Waals surface area contributed by atoms with Gasteiger partial charge in [-0.25, -0.2) is 0 Å². The lowest BCUT2D eigenvalue weighted by molar-refractivity contribution is -0.384. The molecule has 124 valence electrons. The van der Waals surface area contributed by atoms with E-state index in [0.29, 0.717) is 28.8 Å². The largest absolute Gasteiger partial charge is 0.338 e. The molecular formula is C15H19ClN4O3. The monoisotopic (exact) mass is 338 g/mol. The summed E-state index contributed by atoms with van der Waals surface area (Å²) in [6.07, 6.45) is 0. The van der Waals surface area contributed by atoms with E-state index in [1.165, 1.54) is 18.2 Å². The molecule has 0 aliphatic heterocycles. The topological polar surface area (TPSA) is 94.1 Å². The number of nitrogens with one attached hydrogen (secondary N) is 1. The van der Waals surface area contributed by atoms with Crippen molar-refractivity contribution in [3.8, 4) is 0 Å². The lowest BCUT2D eigenvalue weighted by atomic mass is 9.96. The summed E-state index contributed by atoms with van der Waals surface area (Å²) in [7, 11) is 0. The molecule has 1 N–H and O–H groups in total. The maximum Gasteiger partial charge on any atom is 0.269 e. The average Bonchev–Trinajstić information content (AvgIpc) is 2.95. The Morgan fingerprint density at radius 3 is 2.70 bits per heavy atom. The first-order valence-corrected chi connectivity index (χ1v) is 7.56. The summed E-state index contributed by atoms with van der Waals surface area (Å²) in [4.78, 5) is 14.8. The summed E-state index contributed by atoms with van der Waals surface area (Å²) in [5.74, 6) is 1.10. The van der Waals surface area contributed by atoms with Gasteiger partial charge in [0, 0.05) is 29.1 Å². The van der Waals surface area contributed by atoms with Gasteiger partial charge in [-0.2, -0.15) is 4.98 Å². The van der Waals surface area contributed by atoms with E-state index in [0.717, 1.165) is 0 Å². The molecule has 0 spiro atoms. The van der Waals surface area contributed by atoms with Crippen molar-refractivity contribution in [2.24, 2.45) is 0 Å². The van der Waals surface area contributed by atoms with Gasteiger partial charge in [-0.15, -0.1) is 0 Å². The van der Waals surface area contributed by atoms with E-state index in [9.17, 15) is 10.1 Å². The summed E-state index contributed by atoms with van der Waals surface area (Å²) in [5.41, 5.74) is 0.458. The second kappa shape index (κ2) is 6.64. The van der Waals surface area contributed by atoms with Crippen molar-refractivity contribution in [1.82, 2.24) is 15.5 Å². The molecule has 8 heteroatoms. The zero-order chi connectivity index (χ0) is 17.2. The number of hydrogen-bond donors (Lipinski definition) is 1. The number of rotatable bonds is 5. The Morgan fingerprint density at radius 2 is 2.13 bits per heavy atom. The Balaban J connectivity index is 2.07. The van der Waals surface area contributed by atoms with Crippen LogP contribution in [0.4, 0.5) is 5.69 Å². The van der Waals surface area contributed by atoms with Crippen LogP contribution < -0.4 is 5.32 Å². The molecule has 0 fully saturated rings. The van der Waals surface area contributed by atoms with Gasteiger partial charge in [-0.3, -0.25) is 10.1 Å². The number of nitrogens with zero attached hydrogens (tertiary/aromatic N) is 3. The van der Waals surface area contributed by atoms with E-state index >= 15 is 0 Å². The van der Waals surface area contributed by atoms with Crippen molar-refractivity contribution >= 4 is 17.3 Å². The van der Waals surface area contributed by atoms with Crippen molar-refractivity contribution in [3.63, 3.8) is 0 Å². The second-order valence-corrected chi connectivity index (χ2v) is 6.75. The Hall–Kier alpha value is -1.99. The molecule has 0 bridgehead atoms. The summed E-state index contributed by atoms with van der Waals surface area (Å²) < 4.78 is 5.27. The Bertz CT molecular complexity index is 709. The predicted molar refractivity (Wildman–Crippen MR) is 86.4 cm³/mol. The number of halogens is 1. The summed E-state index contributed by atoms with van der Waals surface area (Å²) in [5, 5.41) is 18.5. The van der Waals surface area contributed by atoms with Crippen LogP contribution in [0.3, 0.4) is 0 Å². The van der Waals surface area contributed by atoms with Crippen LogP contribution in [0.15, 0.2) is 22.7 Å². The normalized spacial score (nSPS) is 13.1. The van der Waals surface area contributed by atoms with Crippen LogP contribution >= 0.6 is 11.6 Å². The van der Waals surface area contributed by atoms with Crippen molar-refractivity contribution < 1.29 is 9.45 Å². The molecule has 1 atom stereocenters. The molecule has 23 heavy (non-hydrogen) atoms. The highest BCUT2D eigenvalue weighted by Gasteiger charge is 2.23. The maximum atomic E-state index is 10.8. The number of benzene rings is 1. The summed E-state index contributed by atoms with van der Waals surface area (Å²) in [6, 6.07) is 4.15. The third-order valence-corrected chi connectivity index (χ3v) is 3.69. The van der Waals surface area contributed by atoms with E-state index in [1.807, 2.05) is 27.7 Å². The Morgan fingerprint density at radius 1 is 1.43 bits per heavy atom. The first-order valence-electron chi connectivity index (χ1n) is 7.19. The minimum atomic E-state index is -0.448. The van der Waals surface area contributed by atoms with Crippen molar-refractivity contribution in [1.29, 1.82) is 0 Å². The number of nitro benzene ring substituents is 1. The molecule has 0 radical (unpaired) electrons. The third kappa shape index (κ3) is 4.27. The molecular weight excluding hydrogens is 320 g/mol. The quantitative estimate of drug-likeness (QED) is 0.658. The van der Waals surface area contributed by atoms with Gasteiger partial charge in [0.15, 0.2) is 5.82 Å². The molecule has 1 unspecified atom stereocenters. The zero-order valence-corrected chi connectivity index (χ0v) is 14.2. The summed E-state index contributed by atoms with van der Waals surface area (Å²) >= 11 is 6.08. The molecule has 2 rings (SSSR count). The number of nitro groups is 1. The minimum absolute atomic E-state index is 0.00617. The third-order valence-electron chi connectivity index (χ3n) is 3.32. The number of aromatic nitrogens is 2. The predicted octanol–water partition coefficient (Wildman–Crippen LogP) is 3.78. The molecule has 1 aromatic carbocycles.